The molecule has 1 saturated heterocycles. The number of phenols is 1. The first-order valence-electron chi connectivity index (χ1n) is 9.11. The molecule has 4 rings (SSSR count). The molecule has 1 aromatic heterocycles. The summed E-state index contributed by atoms with van der Waals surface area (Å²) in [6, 6.07) is 14.4. The summed E-state index contributed by atoms with van der Waals surface area (Å²) in [5.74, 6) is 2.04. The molecule has 0 unspecified atom stereocenters. The molecule has 1 N–H and O–H groups in total. The third kappa shape index (κ3) is 3.05. The number of nitrogens with zero attached hydrogens (tertiary/aromatic N) is 1. The number of furan rings is 1. The highest BCUT2D eigenvalue weighted by Gasteiger charge is 2.23. The zero-order valence-corrected chi connectivity index (χ0v) is 15.0. The second-order valence-electron chi connectivity index (χ2n) is 7.19. The van der Waals surface area contributed by atoms with Crippen molar-refractivity contribution < 1.29 is 9.52 Å². The van der Waals surface area contributed by atoms with Gasteiger partial charge in [0.2, 0.25) is 0 Å². The molecule has 130 valence electrons. The maximum absolute atomic E-state index is 9.96. The van der Waals surface area contributed by atoms with Gasteiger partial charge in [-0.25, -0.2) is 0 Å². The van der Waals surface area contributed by atoms with Crippen LogP contribution in [0.4, 0.5) is 0 Å². The van der Waals surface area contributed by atoms with Gasteiger partial charge in [0, 0.05) is 16.5 Å². The zero-order chi connectivity index (χ0) is 17.4. The van der Waals surface area contributed by atoms with E-state index in [1.165, 1.54) is 18.4 Å². The van der Waals surface area contributed by atoms with Crippen LogP contribution < -0.4 is 0 Å². The minimum absolute atomic E-state index is 0.339. The van der Waals surface area contributed by atoms with Gasteiger partial charge in [0.25, 0.3) is 0 Å². The van der Waals surface area contributed by atoms with Gasteiger partial charge in [-0.3, -0.25) is 4.90 Å². The van der Waals surface area contributed by atoms with Crippen LogP contribution in [0.1, 0.15) is 41.2 Å². The predicted octanol–water partition coefficient (Wildman–Crippen LogP) is 5.13. The Balaban J connectivity index is 1.48. The Labute approximate surface area is 148 Å². The van der Waals surface area contributed by atoms with Gasteiger partial charge in [0.15, 0.2) is 0 Å². The molecule has 0 spiro atoms. The lowest BCUT2D eigenvalue weighted by Crippen LogP contribution is -2.32. The van der Waals surface area contributed by atoms with Crippen molar-refractivity contribution in [2.45, 2.75) is 39.2 Å². The molecule has 25 heavy (non-hydrogen) atoms. The summed E-state index contributed by atoms with van der Waals surface area (Å²) in [6.07, 6.45) is 2.40. The van der Waals surface area contributed by atoms with Gasteiger partial charge in [-0.15, -0.1) is 0 Å². The van der Waals surface area contributed by atoms with Crippen molar-refractivity contribution >= 4 is 11.0 Å². The van der Waals surface area contributed by atoms with E-state index >= 15 is 0 Å². The molecule has 0 atom stereocenters. The summed E-state index contributed by atoms with van der Waals surface area (Å²) in [6.45, 7) is 7.10. The van der Waals surface area contributed by atoms with Crippen LogP contribution in [0.15, 0.2) is 46.9 Å². The molecule has 2 aromatic carbocycles. The van der Waals surface area contributed by atoms with Crippen LogP contribution in [0.3, 0.4) is 0 Å². The van der Waals surface area contributed by atoms with E-state index in [0.29, 0.717) is 11.7 Å². The van der Waals surface area contributed by atoms with Crippen molar-refractivity contribution in [3.8, 4) is 5.75 Å². The molecular weight excluding hydrogens is 310 g/mol. The normalized spacial score (nSPS) is 16.6. The third-order valence-corrected chi connectivity index (χ3v) is 5.65. The van der Waals surface area contributed by atoms with Crippen LogP contribution in [-0.4, -0.2) is 23.1 Å². The van der Waals surface area contributed by atoms with E-state index in [9.17, 15) is 5.11 Å². The fraction of sp³-hybridized carbons (Fsp3) is 0.364. The molecule has 1 aliphatic heterocycles. The summed E-state index contributed by atoms with van der Waals surface area (Å²) < 4.78 is 6.10. The van der Waals surface area contributed by atoms with Gasteiger partial charge in [-0.2, -0.15) is 0 Å². The van der Waals surface area contributed by atoms with Crippen LogP contribution in [0, 0.1) is 13.8 Å². The summed E-state index contributed by atoms with van der Waals surface area (Å²) in [5, 5.41) is 11.0. The Kier molecular flexibility index (Phi) is 4.26. The van der Waals surface area contributed by atoms with Crippen LogP contribution in [-0.2, 0) is 6.54 Å². The van der Waals surface area contributed by atoms with Crippen LogP contribution in [0.2, 0.25) is 0 Å². The molecule has 3 heteroatoms. The van der Waals surface area contributed by atoms with Gasteiger partial charge in [-0.05, 0) is 63.4 Å². The number of benzene rings is 2. The average molecular weight is 335 g/mol. The van der Waals surface area contributed by atoms with Gasteiger partial charge >= 0.3 is 0 Å². The largest absolute Gasteiger partial charge is 0.508 e. The topological polar surface area (TPSA) is 36.6 Å². The van der Waals surface area contributed by atoms with Crippen LogP contribution >= 0.6 is 0 Å². The minimum Gasteiger partial charge on any atom is -0.508 e. The second-order valence-corrected chi connectivity index (χ2v) is 7.19. The van der Waals surface area contributed by atoms with Gasteiger partial charge in [-0.1, -0.05) is 30.3 Å². The first-order chi connectivity index (χ1) is 12.1. The van der Waals surface area contributed by atoms with E-state index in [-0.39, 0.29) is 0 Å². The smallest absolute Gasteiger partial charge is 0.135 e. The number of aryl methyl sites for hydroxylation is 2. The summed E-state index contributed by atoms with van der Waals surface area (Å²) in [7, 11) is 0. The van der Waals surface area contributed by atoms with Crippen molar-refractivity contribution in [3.05, 3.63) is 64.9 Å². The minimum atomic E-state index is 0.339. The van der Waals surface area contributed by atoms with E-state index < -0.39 is 0 Å². The fourth-order valence-corrected chi connectivity index (χ4v) is 4.08. The van der Waals surface area contributed by atoms with Crippen LogP contribution in [0.25, 0.3) is 11.0 Å². The number of fused-ring (bicyclic) bond motifs is 1. The highest BCUT2D eigenvalue weighted by atomic mass is 16.3. The molecule has 3 aromatic rings. The summed E-state index contributed by atoms with van der Waals surface area (Å²) in [4.78, 5) is 2.49. The molecule has 3 nitrogen and oxygen atoms in total. The highest BCUT2D eigenvalue weighted by Crippen LogP contribution is 2.34. The van der Waals surface area contributed by atoms with Gasteiger partial charge < -0.3 is 9.52 Å². The Morgan fingerprint density at radius 1 is 1.00 bits per heavy atom. The van der Waals surface area contributed by atoms with E-state index in [2.05, 4.69) is 42.2 Å². The standard InChI is InChI=1S/C22H25NO2/c1-15-19(24)8-9-20-22(15)16(2)21(25-20)14-23-12-10-18(11-13-23)17-6-4-3-5-7-17/h3-9,18,24H,10-14H2,1-2H3. The maximum atomic E-state index is 9.96. The number of likely N-dealkylation sites (tertiary alicyclic amines) is 1. The first kappa shape index (κ1) is 16.2. The molecule has 0 saturated carbocycles. The molecule has 0 bridgehead atoms. The Hall–Kier alpha value is -2.26. The number of hydrogen-bond acceptors (Lipinski definition) is 3. The quantitative estimate of drug-likeness (QED) is 0.720. The van der Waals surface area contributed by atoms with Crippen molar-refractivity contribution in [1.29, 1.82) is 0 Å². The first-order valence-corrected chi connectivity index (χ1v) is 9.11. The molecule has 0 amide bonds. The van der Waals surface area contributed by atoms with Crippen LogP contribution in [0.5, 0.6) is 5.75 Å². The molecule has 2 heterocycles. The second kappa shape index (κ2) is 6.57. The lowest BCUT2D eigenvalue weighted by atomic mass is 9.89. The van der Waals surface area contributed by atoms with E-state index in [1.54, 1.807) is 6.07 Å². The molecule has 0 radical (unpaired) electrons. The highest BCUT2D eigenvalue weighted by molar-refractivity contribution is 5.87. The lowest BCUT2D eigenvalue weighted by molar-refractivity contribution is 0.192. The predicted molar refractivity (Wildman–Crippen MR) is 101 cm³/mol. The average Bonchev–Trinajstić information content (AvgIpc) is 2.96. The number of hydrogen-bond donors (Lipinski definition) is 1. The van der Waals surface area contributed by atoms with E-state index in [4.69, 9.17) is 4.42 Å². The Bertz CT molecular complexity index is 874. The Morgan fingerprint density at radius 3 is 2.44 bits per heavy atom. The van der Waals surface area contributed by atoms with Crippen molar-refractivity contribution in [1.82, 2.24) is 4.90 Å². The zero-order valence-electron chi connectivity index (χ0n) is 15.0. The van der Waals surface area contributed by atoms with Crippen molar-refractivity contribution in [2.24, 2.45) is 0 Å². The van der Waals surface area contributed by atoms with Crippen molar-refractivity contribution in [3.63, 3.8) is 0 Å². The lowest BCUT2D eigenvalue weighted by Gasteiger charge is -2.31. The SMILES string of the molecule is Cc1c(O)ccc2oc(CN3CCC(c4ccccc4)CC3)c(C)c12. The summed E-state index contributed by atoms with van der Waals surface area (Å²) in [5.41, 5.74) is 4.41. The van der Waals surface area contributed by atoms with Gasteiger partial charge in [0.05, 0.1) is 6.54 Å². The number of aromatic hydroxyl groups is 1. The molecule has 0 aliphatic carbocycles. The molecule has 1 aliphatic rings. The third-order valence-electron chi connectivity index (χ3n) is 5.65. The Morgan fingerprint density at radius 2 is 1.72 bits per heavy atom. The monoisotopic (exact) mass is 335 g/mol. The van der Waals surface area contributed by atoms with Crippen molar-refractivity contribution in [2.75, 3.05) is 13.1 Å². The molecular formula is C22H25NO2. The number of rotatable bonds is 3. The van der Waals surface area contributed by atoms with E-state index in [0.717, 1.165) is 47.5 Å². The number of phenolic OH excluding ortho intramolecular Hbond substituents is 1. The maximum Gasteiger partial charge on any atom is 0.135 e. The van der Waals surface area contributed by atoms with Gasteiger partial charge in [0.1, 0.15) is 17.1 Å². The summed E-state index contributed by atoms with van der Waals surface area (Å²) >= 11 is 0. The fourth-order valence-electron chi connectivity index (χ4n) is 4.08. The molecule has 1 fully saturated rings. The number of piperidine rings is 1. The van der Waals surface area contributed by atoms with E-state index in [1.807, 2.05) is 13.0 Å².